The van der Waals surface area contributed by atoms with E-state index in [2.05, 4.69) is 20.4 Å². The highest BCUT2D eigenvalue weighted by atomic mass is 16.2. The van der Waals surface area contributed by atoms with Gasteiger partial charge in [0.15, 0.2) is 0 Å². The number of imidazole rings is 1. The number of nitrogens with one attached hydrogen (secondary N) is 2. The predicted molar refractivity (Wildman–Crippen MR) is 109 cm³/mol. The summed E-state index contributed by atoms with van der Waals surface area (Å²) in [5, 5.41) is 7.79. The highest BCUT2D eigenvalue weighted by molar-refractivity contribution is 6.05. The summed E-state index contributed by atoms with van der Waals surface area (Å²) in [4.78, 5) is 32.1. The lowest BCUT2D eigenvalue weighted by molar-refractivity contribution is 0.102. The molecule has 8 heteroatoms. The zero-order valence-electron chi connectivity index (χ0n) is 15.2. The van der Waals surface area contributed by atoms with E-state index in [0.29, 0.717) is 17.7 Å². The standard InChI is InChI=1S/C21H16N6O2/c28-20(17-9-14-5-1-2-6-18(14)25-21(17)29)24-15-10-22-27(12-15)13-16-11-26-8-4-3-7-19(26)23-16/h1-12H,13H2,(H,24,28)(H,25,29). The van der Waals surface area contributed by atoms with E-state index in [0.717, 1.165) is 16.7 Å². The van der Waals surface area contributed by atoms with Crippen molar-refractivity contribution in [3.63, 3.8) is 0 Å². The van der Waals surface area contributed by atoms with Gasteiger partial charge in [0.2, 0.25) is 0 Å². The number of rotatable bonds is 4. The van der Waals surface area contributed by atoms with E-state index in [1.807, 2.05) is 53.2 Å². The monoisotopic (exact) mass is 384 g/mol. The molecule has 2 N–H and O–H groups in total. The summed E-state index contributed by atoms with van der Waals surface area (Å²) in [7, 11) is 0. The molecule has 0 aliphatic carbocycles. The minimum Gasteiger partial charge on any atom is -0.321 e. The van der Waals surface area contributed by atoms with Crippen molar-refractivity contribution in [1.82, 2.24) is 24.1 Å². The van der Waals surface area contributed by atoms with Gasteiger partial charge in [0.25, 0.3) is 11.5 Å². The normalized spacial score (nSPS) is 11.2. The largest absolute Gasteiger partial charge is 0.321 e. The average molecular weight is 384 g/mol. The van der Waals surface area contributed by atoms with Crippen LogP contribution in [0, 0.1) is 0 Å². The number of hydrogen-bond donors (Lipinski definition) is 2. The van der Waals surface area contributed by atoms with Gasteiger partial charge < -0.3 is 14.7 Å². The molecule has 8 nitrogen and oxygen atoms in total. The second kappa shape index (κ2) is 6.75. The van der Waals surface area contributed by atoms with Crippen LogP contribution in [0.4, 0.5) is 5.69 Å². The first kappa shape index (κ1) is 16.9. The fraction of sp³-hybridized carbons (Fsp3) is 0.0476. The Balaban J connectivity index is 1.35. The molecule has 0 unspecified atom stereocenters. The number of benzene rings is 1. The SMILES string of the molecule is O=C(Nc1cnn(Cc2cn3ccccc3n2)c1)c1cc2ccccc2[nH]c1=O. The van der Waals surface area contributed by atoms with Crippen molar-refractivity contribution in [1.29, 1.82) is 0 Å². The number of carbonyl (C=O) groups excluding carboxylic acids is 1. The van der Waals surface area contributed by atoms with Gasteiger partial charge in [0.1, 0.15) is 11.2 Å². The van der Waals surface area contributed by atoms with Gasteiger partial charge in [-0.3, -0.25) is 14.3 Å². The maximum atomic E-state index is 12.6. The summed E-state index contributed by atoms with van der Waals surface area (Å²) in [5.41, 5.74) is 2.53. The molecular weight excluding hydrogens is 368 g/mol. The minimum atomic E-state index is -0.482. The second-order valence-electron chi connectivity index (χ2n) is 6.68. The fourth-order valence-corrected chi connectivity index (χ4v) is 3.26. The third-order valence-electron chi connectivity index (χ3n) is 4.63. The van der Waals surface area contributed by atoms with Gasteiger partial charge in [-0.05, 0) is 29.7 Å². The Morgan fingerprint density at radius 2 is 1.97 bits per heavy atom. The first-order valence-corrected chi connectivity index (χ1v) is 9.04. The summed E-state index contributed by atoms with van der Waals surface area (Å²) in [6.45, 7) is 0.466. The molecule has 0 aliphatic rings. The first-order chi connectivity index (χ1) is 14.2. The summed E-state index contributed by atoms with van der Waals surface area (Å²) in [6, 6.07) is 14.7. The lowest BCUT2D eigenvalue weighted by atomic mass is 10.1. The number of nitrogens with zero attached hydrogens (tertiary/aromatic N) is 4. The first-order valence-electron chi connectivity index (χ1n) is 9.04. The van der Waals surface area contributed by atoms with E-state index in [1.165, 1.54) is 0 Å². The molecule has 1 amide bonds. The maximum absolute atomic E-state index is 12.6. The summed E-state index contributed by atoms with van der Waals surface area (Å²) >= 11 is 0. The predicted octanol–water partition coefficient (Wildman–Crippen LogP) is 2.67. The molecule has 5 aromatic rings. The van der Waals surface area contributed by atoms with Crippen LogP contribution in [-0.2, 0) is 6.54 Å². The Hall–Kier alpha value is -4.20. The van der Waals surface area contributed by atoms with Gasteiger partial charge in [0, 0.05) is 24.1 Å². The van der Waals surface area contributed by atoms with Crippen LogP contribution in [0.3, 0.4) is 0 Å². The topological polar surface area (TPSA) is 97.1 Å². The van der Waals surface area contributed by atoms with Crippen molar-refractivity contribution < 1.29 is 4.79 Å². The zero-order valence-corrected chi connectivity index (χ0v) is 15.2. The molecule has 0 fully saturated rings. The van der Waals surface area contributed by atoms with Gasteiger partial charge in [-0.2, -0.15) is 5.10 Å². The summed E-state index contributed by atoms with van der Waals surface area (Å²) < 4.78 is 3.62. The van der Waals surface area contributed by atoms with Crippen LogP contribution in [0.2, 0.25) is 0 Å². The van der Waals surface area contributed by atoms with Gasteiger partial charge in [-0.25, -0.2) is 4.98 Å². The number of anilines is 1. The van der Waals surface area contributed by atoms with Crippen molar-refractivity contribution in [2.45, 2.75) is 6.54 Å². The van der Waals surface area contributed by atoms with Gasteiger partial charge in [0.05, 0.1) is 24.1 Å². The van der Waals surface area contributed by atoms with Crippen molar-refractivity contribution in [3.8, 4) is 0 Å². The second-order valence-corrected chi connectivity index (χ2v) is 6.68. The number of para-hydroxylation sites is 1. The molecule has 1 aromatic carbocycles. The Morgan fingerprint density at radius 3 is 2.86 bits per heavy atom. The molecule has 0 saturated carbocycles. The Labute approximate surface area is 164 Å². The van der Waals surface area contributed by atoms with Crippen molar-refractivity contribution >= 4 is 28.1 Å². The van der Waals surface area contributed by atoms with E-state index in [-0.39, 0.29) is 5.56 Å². The summed E-state index contributed by atoms with van der Waals surface area (Å²) in [6.07, 6.45) is 7.12. The molecule has 29 heavy (non-hydrogen) atoms. The van der Waals surface area contributed by atoms with E-state index in [1.54, 1.807) is 29.2 Å². The molecule has 0 radical (unpaired) electrons. The number of aromatic nitrogens is 5. The van der Waals surface area contributed by atoms with Crippen LogP contribution in [0.1, 0.15) is 16.1 Å². The molecule has 0 aliphatic heterocycles. The van der Waals surface area contributed by atoms with Crippen molar-refractivity contribution in [2.75, 3.05) is 5.32 Å². The van der Waals surface area contributed by atoms with Gasteiger partial charge in [-0.15, -0.1) is 0 Å². The van der Waals surface area contributed by atoms with E-state index >= 15 is 0 Å². The minimum absolute atomic E-state index is 0.0526. The third-order valence-corrected chi connectivity index (χ3v) is 4.63. The van der Waals surface area contributed by atoms with Crippen molar-refractivity contribution in [3.05, 3.63) is 94.9 Å². The molecule has 0 bridgehead atoms. The fourth-order valence-electron chi connectivity index (χ4n) is 3.26. The van der Waals surface area contributed by atoms with Crippen LogP contribution in [0.5, 0.6) is 0 Å². The quantitative estimate of drug-likeness (QED) is 0.498. The highest BCUT2D eigenvalue weighted by Gasteiger charge is 2.13. The zero-order chi connectivity index (χ0) is 19.8. The Morgan fingerprint density at radius 1 is 1.10 bits per heavy atom. The smallest absolute Gasteiger partial charge is 0.261 e. The molecule has 0 saturated heterocycles. The van der Waals surface area contributed by atoms with E-state index < -0.39 is 11.5 Å². The van der Waals surface area contributed by atoms with Crippen LogP contribution in [-0.4, -0.2) is 30.1 Å². The van der Waals surface area contributed by atoms with Crippen molar-refractivity contribution in [2.24, 2.45) is 0 Å². The number of fused-ring (bicyclic) bond motifs is 2. The maximum Gasteiger partial charge on any atom is 0.261 e. The molecule has 4 aromatic heterocycles. The molecule has 4 heterocycles. The third kappa shape index (κ3) is 3.27. The summed E-state index contributed by atoms with van der Waals surface area (Å²) in [5.74, 6) is -0.482. The Bertz CT molecular complexity index is 1380. The number of amides is 1. The highest BCUT2D eigenvalue weighted by Crippen LogP contribution is 2.13. The molecule has 0 spiro atoms. The van der Waals surface area contributed by atoms with Gasteiger partial charge >= 0.3 is 0 Å². The Kier molecular flexibility index (Phi) is 3.94. The van der Waals surface area contributed by atoms with Crippen LogP contribution >= 0.6 is 0 Å². The molecule has 0 atom stereocenters. The van der Waals surface area contributed by atoms with Crippen LogP contribution < -0.4 is 10.9 Å². The number of pyridine rings is 2. The number of H-pyrrole nitrogens is 1. The van der Waals surface area contributed by atoms with E-state index in [4.69, 9.17) is 0 Å². The van der Waals surface area contributed by atoms with E-state index in [9.17, 15) is 9.59 Å². The lowest BCUT2D eigenvalue weighted by Crippen LogP contribution is -2.22. The molecule has 5 rings (SSSR count). The number of aromatic amines is 1. The molecular formula is C21H16N6O2. The molecule has 142 valence electrons. The lowest BCUT2D eigenvalue weighted by Gasteiger charge is -2.04. The number of hydrogen-bond acceptors (Lipinski definition) is 4. The average Bonchev–Trinajstić information content (AvgIpc) is 3.33. The number of carbonyl (C=O) groups is 1. The van der Waals surface area contributed by atoms with Crippen LogP contribution in [0.15, 0.2) is 78.1 Å². The van der Waals surface area contributed by atoms with Gasteiger partial charge in [-0.1, -0.05) is 24.3 Å². The van der Waals surface area contributed by atoms with Crippen LogP contribution in [0.25, 0.3) is 16.6 Å².